The standard InChI is InChI=1S/C36H56N6O7/c1-21(2)18-24-16-17-41(30(24)33(47)38-25(19-22-14-15-22)31(45)32(37)46)34(48)29(23-10-7-6-8-11-23)40-35(49)39-26(36(3,4)5)20-42-27(43)12-9-13-28(42)44/h18,22-26,29-30H,6-17,19-20H2,1-5H3,(H2,37,46)(H,38,47)(H2,39,40,49)/t24?,25?,26-,29+,30+/m1/s1. The van der Waals surface area contributed by atoms with Crippen LogP contribution in [0.25, 0.3) is 0 Å². The molecule has 7 amide bonds. The number of nitrogens with two attached hydrogens (primary N) is 1. The maximum atomic E-state index is 14.6. The molecule has 0 spiro atoms. The molecule has 49 heavy (non-hydrogen) atoms. The van der Waals surface area contributed by atoms with E-state index in [2.05, 4.69) is 16.0 Å². The molecular formula is C36H56N6O7. The van der Waals surface area contributed by atoms with E-state index in [1.54, 1.807) is 0 Å². The summed E-state index contributed by atoms with van der Waals surface area (Å²) in [6, 6.07) is -4.10. The van der Waals surface area contributed by atoms with Gasteiger partial charge in [-0.25, -0.2) is 4.79 Å². The number of allylic oxidation sites excluding steroid dienone is 1. The Morgan fingerprint density at radius 3 is 2.06 bits per heavy atom. The summed E-state index contributed by atoms with van der Waals surface area (Å²) in [5.74, 6) is -3.64. The Kier molecular flexibility index (Phi) is 12.6. The fourth-order valence-corrected chi connectivity index (χ4v) is 7.44. The van der Waals surface area contributed by atoms with Gasteiger partial charge >= 0.3 is 6.03 Å². The number of ketones is 1. The lowest BCUT2D eigenvalue weighted by molar-refractivity contribution is -0.148. The van der Waals surface area contributed by atoms with Crippen molar-refractivity contribution in [3.63, 3.8) is 0 Å². The van der Waals surface area contributed by atoms with Gasteiger partial charge in [-0.2, -0.15) is 0 Å². The molecule has 5 atom stereocenters. The van der Waals surface area contributed by atoms with Crippen LogP contribution in [0.15, 0.2) is 11.6 Å². The topological polar surface area (TPSA) is 188 Å². The second-order valence-corrected chi connectivity index (χ2v) is 15.8. The lowest BCUT2D eigenvalue weighted by atomic mass is 9.83. The number of carbonyl (C=O) groups is 7. The number of carbonyl (C=O) groups excluding carboxylic acids is 7. The zero-order chi connectivity index (χ0) is 36.0. The molecule has 2 saturated heterocycles. The number of amides is 7. The number of nitrogens with zero attached hydrogens (tertiary/aromatic N) is 2. The predicted octanol–water partition coefficient (Wildman–Crippen LogP) is 2.71. The minimum Gasteiger partial charge on any atom is -0.363 e. The minimum absolute atomic E-state index is 0.0292. The normalized spacial score (nSPS) is 23.7. The van der Waals surface area contributed by atoms with Crippen LogP contribution in [0.3, 0.4) is 0 Å². The molecule has 2 aliphatic heterocycles. The second-order valence-electron chi connectivity index (χ2n) is 15.8. The van der Waals surface area contributed by atoms with Crippen molar-refractivity contribution in [2.24, 2.45) is 28.9 Å². The number of hydrogen-bond acceptors (Lipinski definition) is 7. The SMILES string of the molecule is CC(C)=CC1CCN(C(=O)[C@@H](NC(=O)N[C@H](CN2C(=O)CCCC2=O)C(C)(C)C)C2CCCCC2)[C@@H]1C(=O)NC(CC1CC1)C(=O)C(N)=O. The summed E-state index contributed by atoms with van der Waals surface area (Å²) in [6.07, 6.45) is 9.98. The molecule has 5 N–H and O–H groups in total. The molecule has 4 fully saturated rings. The van der Waals surface area contributed by atoms with E-state index >= 15 is 0 Å². The molecule has 0 aromatic carbocycles. The number of hydrogen-bond donors (Lipinski definition) is 4. The zero-order valence-corrected chi connectivity index (χ0v) is 29.8. The number of urea groups is 1. The molecule has 4 aliphatic rings. The number of primary amides is 1. The molecule has 0 aromatic heterocycles. The van der Waals surface area contributed by atoms with Crippen molar-refractivity contribution < 1.29 is 33.6 Å². The van der Waals surface area contributed by atoms with Crippen LogP contribution in [0.4, 0.5) is 4.79 Å². The van der Waals surface area contributed by atoms with E-state index in [9.17, 15) is 33.6 Å². The van der Waals surface area contributed by atoms with Gasteiger partial charge in [0.05, 0.1) is 12.1 Å². The third-order valence-electron chi connectivity index (χ3n) is 10.5. The first-order chi connectivity index (χ1) is 23.1. The first-order valence-electron chi connectivity index (χ1n) is 18.1. The van der Waals surface area contributed by atoms with Crippen LogP contribution in [0.5, 0.6) is 0 Å². The lowest BCUT2D eigenvalue weighted by Crippen LogP contribution is -2.61. The third-order valence-corrected chi connectivity index (χ3v) is 10.5. The second kappa shape index (κ2) is 16.3. The van der Waals surface area contributed by atoms with Gasteiger partial charge in [-0.15, -0.1) is 0 Å². The Labute approximate surface area is 289 Å². The third kappa shape index (κ3) is 10.1. The van der Waals surface area contributed by atoms with Crippen molar-refractivity contribution in [3.8, 4) is 0 Å². The van der Waals surface area contributed by atoms with Crippen molar-refractivity contribution in [3.05, 3.63) is 11.6 Å². The van der Waals surface area contributed by atoms with Crippen LogP contribution >= 0.6 is 0 Å². The van der Waals surface area contributed by atoms with Crippen molar-refractivity contribution in [1.29, 1.82) is 0 Å². The highest BCUT2D eigenvalue weighted by atomic mass is 16.2. The lowest BCUT2D eigenvalue weighted by Gasteiger charge is -2.38. The summed E-state index contributed by atoms with van der Waals surface area (Å²) < 4.78 is 0. The molecule has 13 heteroatoms. The molecule has 2 heterocycles. The van der Waals surface area contributed by atoms with Crippen LogP contribution in [0.2, 0.25) is 0 Å². The van der Waals surface area contributed by atoms with Gasteiger partial charge in [0, 0.05) is 31.8 Å². The molecule has 2 aliphatic carbocycles. The quantitative estimate of drug-likeness (QED) is 0.130. The molecule has 2 unspecified atom stereocenters. The van der Waals surface area contributed by atoms with Crippen LogP contribution in [-0.4, -0.2) is 88.4 Å². The highest BCUT2D eigenvalue weighted by Crippen LogP contribution is 2.35. The van der Waals surface area contributed by atoms with Gasteiger partial charge in [0.1, 0.15) is 12.1 Å². The Morgan fingerprint density at radius 1 is 0.878 bits per heavy atom. The van der Waals surface area contributed by atoms with Gasteiger partial charge in [0.25, 0.3) is 5.91 Å². The average molecular weight is 685 g/mol. The van der Waals surface area contributed by atoms with Gasteiger partial charge in [0.2, 0.25) is 29.4 Å². The Bertz CT molecular complexity index is 1310. The van der Waals surface area contributed by atoms with Gasteiger partial charge in [0.15, 0.2) is 0 Å². The Morgan fingerprint density at radius 2 is 1.51 bits per heavy atom. The monoisotopic (exact) mass is 684 g/mol. The summed E-state index contributed by atoms with van der Waals surface area (Å²) in [7, 11) is 0. The van der Waals surface area contributed by atoms with E-state index in [1.165, 1.54) is 9.80 Å². The summed E-state index contributed by atoms with van der Waals surface area (Å²) in [4.78, 5) is 94.8. The number of imide groups is 1. The van der Waals surface area contributed by atoms with Crippen molar-refractivity contribution >= 4 is 41.4 Å². The van der Waals surface area contributed by atoms with Crippen LogP contribution < -0.4 is 21.7 Å². The number of rotatable bonds is 13. The van der Waals surface area contributed by atoms with E-state index < -0.39 is 53.2 Å². The van der Waals surface area contributed by atoms with Crippen molar-refractivity contribution in [2.45, 2.75) is 136 Å². The van der Waals surface area contributed by atoms with Crippen molar-refractivity contribution in [2.75, 3.05) is 13.1 Å². The molecule has 0 bridgehead atoms. The maximum Gasteiger partial charge on any atom is 0.315 e. The molecule has 2 saturated carbocycles. The number of piperidine rings is 1. The van der Waals surface area contributed by atoms with Crippen LogP contribution in [0.1, 0.15) is 112 Å². The first kappa shape index (κ1) is 38.0. The van der Waals surface area contributed by atoms with Gasteiger partial charge in [-0.1, -0.05) is 64.5 Å². The smallest absolute Gasteiger partial charge is 0.315 e. The summed E-state index contributed by atoms with van der Waals surface area (Å²) >= 11 is 0. The Balaban J connectivity index is 1.57. The van der Waals surface area contributed by atoms with Crippen LogP contribution in [-0.2, 0) is 28.8 Å². The molecule has 13 nitrogen and oxygen atoms in total. The minimum atomic E-state index is -1.11. The number of likely N-dealkylation sites (tertiary alicyclic amines) is 2. The highest BCUT2D eigenvalue weighted by molar-refractivity contribution is 6.37. The summed E-state index contributed by atoms with van der Waals surface area (Å²) in [5, 5.41) is 8.70. The van der Waals surface area contributed by atoms with E-state index in [-0.39, 0.29) is 61.4 Å². The fourth-order valence-electron chi connectivity index (χ4n) is 7.44. The zero-order valence-electron chi connectivity index (χ0n) is 29.8. The molecular weight excluding hydrogens is 628 g/mol. The summed E-state index contributed by atoms with van der Waals surface area (Å²) in [6.45, 7) is 9.88. The number of Topliss-reactive ketones (excluding diaryl/α,β-unsaturated/α-hetero) is 1. The van der Waals surface area contributed by atoms with E-state index in [0.29, 0.717) is 19.3 Å². The molecule has 0 radical (unpaired) electrons. The van der Waals surface area contributed by atoms with Gasteiger partial charge in [-0.3, -0.25) is 33.7 Å². The summed E-state index contributed by atoms with van der Waals surface area (Å²) in [5.41, 5.74) is 5.78. The van der Waals surface area contributed by atoms with E-state index in [1.807, 2.05) is 40.7 Å². The van der Waals surface area contributed by atoms with Crippen LogP contribution in [0, 0.1) is 23.2 Å². The molecule has 0 aromatic rings. The fraction of sp³-hybridized carbons (Fsp3) is 0.750. The van der Waals surface area contributed by atoms with Gasteiger partial charge < -0.3 is 26.6 Å². The van der Waals surface area contributed by atoms with E-state index in [0.717, 1.165) is 50.5 Å². The molecule has 4 rings (SSSR count). The predicted molar refractivity (Wildman–Crippen MR) is 182 cm³/mol. The van der Waals surface area contributed by atoms with Crippen molar-refractivity contribution in [1.82, 2.24) is 25.8 Å². The molecule has 272 valence electrons. The largest absolute Gasteiger partial charge is 0.363 e. The first-order valence-corrected chi connectivity index (χ1v) is 18.1. The van der Waals surface area contributed by atoms with E-state index in [4.69, 9.17) is 5.73 Å². The highest BCUT2D eigenvalue weighted by Gasteiger charge is 2.46. The Hall–Kier alpha value is -3.77. The average Bonchev–Trinajstić information content (AvgIpc) is 3.76. The number of nitrogens with one attached hydrogen (secondary N) is 3. The van der Waals surface area contributed by atoms with Gasteiger partial charge in [-0.05, 0) is 63.2 Å². The maximum absolute atomic E-state index is 14.6.